The maximum atomic E-state index is 11.9. The van der Waals surface area contributed by atoms with Gasteiger partial charge in [0.25, 0.3) is 5.91 Å². The molecule has 1 fully saturated rings. The number of rotatable bonds is 3. The Labute approximate surface area is 111 Å². The van der Waals surface area contributed by atoms with Gasteiger partial charge in [0.1, 0.15) is 6.04 Å². The van der Waals surface area contributed by atoms with Crippen molar-refractivity contribution in [2.45, 2.75) is 18.9 Å². The number of likely N-dealkylation sites (N-methyl/N-ethyl adjacent to an activating group) is 1. The lowest BCUT2D eigenvalue weighted by atomic mass is 10.1. The second kappa shape index (κ2) is 5.17. The molecule has 1 aliphatic rings. The molecular formula is C13H18N4O2. The number of benzene rings is 1. The number of nitrogen functional groups attached to an aromatic ring is 1. The zero-order valence-corrected chi connectivity index (χ0v) is 10.8. The van der Waals surface area contributed by atoms with Crippen LogP contribution in [0.2, 0.25) is 0 Å². The second-order valence-corrected chi connectivity index (χ2v) is 4.61. The topological polar surface area (TPSA) is 101 Å². The Bertz CT molecular complexity index is 515. The summed E-state index contributed by atoms with van der Waals surface area (Å²) in [6, 6.07) is 4.75. The van der Waals surface area contributed by atoms with E-state index in [4.69, 9.17) is 11.5 Å². The van der Waals surface area contributed by atoms with Gasteiger partial charge in [0.15, 0.2) is 0 Å². The quantitative estimate of drug-likeness (QED) is 0.671. The van der Waals surface area contributed by atoms with Crippen LogP contribution in [-0.4, -0.2) is 31.4 Å². The summed E-state index contributed by atoms with van der Waals surface area (Å²) in [7, 11) is 1.61. The van der Waals surface area contributed by atoms with Gasteiger partial charge in [0.05, 0.1) is 11.3 Å². The predicted molar refractivity (Wildman–Crippen MR) is 73.8 cm³/mol. The third-order valence-corrected chi connectivity index (χ3v) is 3.40. The summed E-state index contributed by atoms with van der Waals surface area (Å²) < 4.78 is 0. The maximum absolute atomic E-state index is 11.9. The van der Waals surface area contributed by atoms with Crippen molar-refractivity contribution in [3.05, 3.63) is 23.8 Å². The van der Waals surface area contributed by atoms with Gasteiger partial charge in [-0.05, 0) is 31.0 Å². The number of nitrogens with two attached hydrogens (primary N) is 2. The monoisotopic (exact) mass is 262 g/mol. The SMILES string of the molecule is CNC(=O)C1CCCN1c1ccc(N)cc1C(N)=O. The lowest BCUT2D eigenvalue weighted by Crippen LogP contribution is -2.42. The summed E-state index contributed by atoms with van der Waals surface area (Å²) in [5, 5.41) is 2.65. The van der Waals surface area contributed by atoms with Gasteiger partial charge in [-0.25, -0.2) is 0 Å². The van der Waals surface area contributed by atoms with Gasteiger partial charge in [-0.3, -0.25) is 9.59 Å². The molecular weight excluding hydrogens is 244 g/mol. The van der Waals surface area contributed by atoms with Crippen molar-refractivity contribution < 1.29 is 9.59 Å². The molecule has 0 bridgehead atoms. The lowest BCUT2D eigenvalue weighted by molar-refractivity contribution is -0.121. The number of hydrogen-bond donors (Lipinski definition) is 3. The number of nitrogens with zero attached hydrogens (tertiary/aromatic N) is 1. The smallest absolute Gasteiger partial charge is 0.250 e. The van der Waals surface area contributed by atoms with Gasteiger partial charge in [0.2, 0.25) is 5.91 Å². The van der Waals surface area contributed by atoms with E-state index in [9.17, 15) is 9.59 Å². The number of primary amides is 1. The van der Waals surface area contributed by atoms with Crippen LogP contribution in [0.3, 0.4) is 0 Å². The Morgan fingerprint density at radius 2 is 2.16 bits per heavy atom. The van der Waals surface area contributed by atoms with Crippen molar-refractivity contribution in [2.75, 3.05) is 24.2 Å². The minimum absolute atomic E-state index is 0.0512. The number of anilines is 2. The highest BCUT2D eigenvalue weighted by Crippen LogP contribution is 2.30. The minimum Gasteiger partial charge on any atom is -0.399 e. The second-order valence-electron chi connectivity index (χ2n) is 4.61. The molecule has 0 aromatic heterocycles. The maximum Gasteiger partial charge on any atom is 0.250 e. The van der Waals surface area contributed by atoms with Crippen molar-refractivity contribution in [1.82, 2.24) is 5.32 Å². The fraction of sp³-hybridized carbons (Fsp3) is 0.385. The van der Waals surface area contributed by atoms with E-state index in [1.807, 2.05) is 4.90 Å². The highest BCUT2D eigenvalue weighted by atomic mass is 16.2. The van der Waals surface area contributed by atoms with Gasteiger partial charge in [-0.1, -0.05) is 0 Å². The number of hydrogen-bond acceptors (Lipinski definition) is 4. The number of carbonyl (C=O) groups is 2. The fourth-order valence-corrected chi connectivity index (χ4v) is 2.50. The van der Waals surface area contributed by atoms with Crippen LogP contribution in [0.4, 0.5) is 11.4 Å². The van der Waals surface area contributed by atoms with Crippen molar-refractivity contribution in [3.63, 3.8) is 0 Å². The molecule has 1 aromatic rings. The van der Waals surface area contributed by atoms with Gasteiger partial charge < -0.3 is 21.7 Å². The van der Waals surface area contributed by atoms with Crippen LogP contribution in [0.1, 0.15) is 23.2 Å². The van der Waals surface area contributed by atoms with Crippen LogP contribution in [0.15, 0.2) is 18.2 Å². The zero-order chi connectivity index (χ0) is 14.0. The molecule has 6 nitrogen and oxygen atoms in total. The van der Waals surface area contributed by atoms with Crippen molar-refractivity contribution >= 4 is 23.2 Å². The molecule has 1 atom stereocenters. The van der Waals surface area contributed by atoms with E-state index in [1.165, 1.54) is 0 Å². The Morgan fingerprint density at radius 1 is 1.42 bits per heavy atom. The van der Waals surface area contributed by atoms with E-state index in [0.717, 1.165) is 19.4 Å². The molecule has 0 aliphatic carbocycles. The zero-order valence-electron chi connectivity index (χ0n) is 10.8. The van der Waals surface area contributed by atoms with Crippen LogP contribution < -0.4 is 21.7 Å². The summed E-state index contributed by atoms with van der Waals surface area (Å²) in [6.07, 6.45) is 1.67. The van der Waals surface area contributed by atoms with E-state index >= 15 is 0 Å². The molecule has 0 spiro atoms. The van der Waals surface area contributed by atoms with Crippen LogP contribution >= 0.6 is 0 Å². The first-order valence-corrected chi connectivity index (χ1v) is 6.22. The molecule has 1 heterocycles. The molecule has 6 heteroatoms. The summed E-state index contributed by atoms with van der Waals surface area (Å²) >= 11 is 0. The minimum atomic E-state index is -0.537. The molecule has 1 saturated heterocycles. The molecule has 0 radical (unpaired) electrons. The van der Waals surface area contributed by atoms with E-state index < -0.39 is 5.91 Å². The van der Waals surface area contributed by atoms with Crippen molar-refractivity contribution in [2.24, 2.45) is 5.73 Å². The first-order chi connectivity index (χ1) is 9.04. The van der Waals surface area contributed by atoms with Crippen molar-refractivity contribution in [1.29, 1.82) is 0 Å². The van der Waals surface area contributed by atoms with E-state index in [-0.39, 0.29) is 11.9 Å². The van der Waals surface area contributed by atoms with Crippen LogP contribution in [-0.2, 0) is 4.79 Å². The van der Waals surface area contributed by atoms with Crippen molar-refractivity contribution in [3.8, 4) is 0 Å². The third kappa shape index (κ3) is 2.47. The summed E-state index contributed by atoms with van der Waals surface area (Å²) in [5.74, 6) is -0.588. The van der Waals surface area contributed by atoms with Crippen LogP contribution in [0, 0.1) is 0 Å². The molecule has 1 unspecified atom stereocenters. The van der Waals surface area contributed by atoms with E-state index in [2.05, 4.69) is 5.32 Å². The molecule has 1 aliphatic heterocycles. The first kappa shape index (κ1) is 13.2. The van der Waals surface area contributed by atoms with Gasteiger partial charge in [-0.15, -0.1) is 0 Å². The average Bonchev–Trinajstić information content (AvgIpc) is 2.86. The number of carbonyl (C=O) groups excluding carboxylic acids is 2. The molecule has 19 heavy (non-hydrogen) atoms. The number of amides is 2. The first-order valence-electron chi connectivity index (χ1n) is 6.22. The fourth-order valence-electron chi connectivity index (χ4n) is 2.50. The highest BCUT2D eigenvalue weighted by Gasteiger charge is 2.32. The van der Waals surface area contributed by atoms with Crippen LogP contribution in [0.5, 0.6) is 0 Å². The molecule has 2 amide bonds. The van der Waals surface area contributed by atoms with Gasteiger partial charge in [-0.2, -0.15) is 0 Å². The molecule has 0 saturated carbocycles. The van der Waals surface area contributed by atoms with Gasteiger partial charge in [0, 0.05) is 19.3 Å². The van der Waals surface area contributed by atoms with E-state index in [0.29, 0.717) is 16.9 Å². The Balaban J connectivity index is 2.40. The summed E-state index contributed by atoms with van der Waals surface area (Å²) in [6.45, 7) is 0.724. The Morgan fingerprint density at radius 3 is 2.79 bits per heavy atom. The summed E-state index contributed by atoms with van der Waals surface area (Å²) in [5.41, 5.74) is 12.6. The van der Waals surface area contributed by atoms with Crippen LogP contribution in [0.25, 0.3) is 0 Å². The molecule has 5 N–H and O–H groups in total. The molecule has 1 aromatic carbocycles. The predicted octanol–water partition coefficient (Wildman–Crippen LogP) is 0.0825. The standard InChI is InChI=1S/C13H18N4O2/c1-16-13(19)11-3-2-6-17(11)10-5-4-8(14)7-9(10)12(15)18/h4-5,7,11H,2-3,6,14H2,1H3,(H2,15,18)(H,16,19). The Hall–Kier alpha value is -2.24. The molecule has 2 rings (SSSR count). The average molecular weight is 262 g/mol. The number of nitrogens with one attached hydrogen (secondary N) is 1. The molecule has 102 valence electrons. The lowest BCUT2D eigenvalue weighted by Gasteiger charge is -2.27. The largest absolute Gasteiger partial charge is 0.399 e. The Kier molecular flexibility index (Phi) is 3.59. The van der Waals surface area contributed by atoms with Gasteiger partial charge >= 0.3 is 0 Å². The van der Waals surface area contributed by atoms with E-state index in [1.54, 1.807) is 25.2 Å². The highest BCUT2D eigenvalue weighted by molar-refractivity contribution is 6.00. The normalized spacial score (nSPS) is 18.4. The summed E-state index contributed by atoms with van der Waals surface area (Å²) in [4.78, 5) is 25.3. The third-order valence-electron chi connectivity index (χ3n) is 3.40.